The average Bonchev–Trinajstić information content (AvgIpc) is 2.61. The van der Waals surface area contributed by atoms with Gasteiger partial charge in [0.05, 0.1) is 16.8 Å². The third-order valence-electron chi connectivity index (χ3n) is 3.16. The smallest absolute Gasteiger partial charge is 0.101 e. The van der Waals surface area contributed by atoms with Gasteiger partial charge in [0.2, 0.25) is 0 Å². The Bertz CT molecular complexity index is 673. The van der Waals surface area contributed by atoms with Crippen LogP contribution < -0.4 is 0 Å². The molecule has 0 saturated heterocycles. The van der Waals surface area contributed by atoms with Crippen LogP contribution in [0.15, 0.2) is 43.2 Å². The number of nitriles is 2. The van der Waals surface area contributed by atoms with Gasteiger partial charge >= 0.3 is 0 Å². The van der Waals surface area contributed by atoms with Crippen LogP contribution in [0.5, 0.6) is 0 Å². The minimum Gasteiger partial charge on any atom is -0.260 e. The Morgan fingerprint density at radius 1 is 1.09 bits per heavy atom. The molecule has 0 spiro atoms. The second-order valence-electron chi connectivity index (χ2n) is 4.68. The number of nitrogens with zero attached hydrogens (tertiary/aromatic N) is 4. The van der Waals surface area contributed by atoms with E-state index in [0.29, 0.717) is 17.0 Å². The molecule has 2 heterocycles. The Labute approximate surface area is 131 Å². The minimum atomic E-state index is 0.484. The molecule has 0 fully saturated rings. The van der Waals surface area contributed by atoms with Crippen molar-refractivity contribution in [3.05, 3.63) is 65.8 Å². The molecule has 2 aromatic rings. The largest absolute Gasteiger partial charge is 0.260 e. The molecule has 0 saturated carbocycles. The van der Waals surface area contributed by atoms with Gasteiger partial charge in [0.15, 0.2) is 0 Å². The van der Waals surface area contributed by atoms with Crippen LogP contribution in [0.4, 0.5) is 0 Å². The van der Waals surface area contributed by atoms with Gasteiger partial charge in [0, 0.05) is 18.1 Å². The maximum absolute atomic E-state index is 8.53. The van der Waals surface area contributed by atoms with Crippen molar-refractivity contribution in [1.29, 1.82) is 10.5 Å². The number of pyridine rings is 2. The average molecular weight is 290 g/mol. The van der Waals surface area contributed by atoms with Gasteiger partial charge in [-0.05, 0) is 42.7 Å². The van der Waals surface area contributed by atoms with E-state index in [2.05, 4.69) is 30.4 Å². The van der Waals surface area contributed by atoms with E-state index in [4.69, 9.17) is 10.5 Å². The van der Waals surface area contributed by atoms with Gasteiger partial charge < -0.3 is 0 Å². The van der Waals surface area contributed by atoms with Crippen molar-refractivity contribution in [3.8, 4) is 12.1 Å². The zero-order chi connectivity index (χ0) is 16.4. The Morgan fingerprint density at radius 2 is 1.68 bits per heavy atom. The van der Waals surface area contributed by atoms with E-state index >= 15 is 0 Å². The first kappa shape index (κ1) is 17.1. The van der Waals surface area contributed by atoms with E-state index < -0.39 is 0 Å². The summed E-state index contributed by atoms with van der Waals surface area (Å²) >= 11 is 0. The fraction of sp³-hybridized carbons (Fsp3) is 0.222. The van der Waals surface area contributed by atoms with E-state index in [-0.39, 0.29) is 0 Å². The zero-order valence-electron chi connectivity index (χ0n) is 12.8. The molecule has 4 nitrogen and oxygen atoms in total. The maximum atomic E-state index is 8.53. The van der Waals surface area contributed by atoms with Gasteiger partial charge in [-0.1, -0.05) is 20.4 Å². The van der Waals surface area contributed by atoms with Crippen molar-refractivity contribution in [1.82, 2.24) is 9.97 Å². The lowest BCUT2D eigenvalue weighted by Gasteiger charge is -2.06. The Morgan fingerprint density at radius 3 is 2.05 bits per heavy atom. The van der Waals surface area contributed by atoms with Crippen molar-refractivity contribution in [2.75, 3.05) is 0 Å². The minimum absolute atomic E-state index is 0.484. The van der Waals surface area contributed by atoms with Crippen LogP contribution in [0, 0.1) is 22.7 Å². The first-order chi connectivity index (χ1) is 10.6. The van der Waals surface area contributed by atoms with Crippen LogP contribution in [0.2, 0.25) is 0 Å². The molecule has 0 aliphatic carbocycles. The highest BCUT2D eigenvalue weighted by molar-refractivity contribution is 5.42. The lowest BCUT2D eigenvalue weighted by Crippen LogP contribution is -1.94. The Balaban J connectivity index is 0.000000224. The third kappa shape index (κ3) is 5.19. The van der Waals surface area contributed by atoms with Gasteiger partial charge in [0.25, 0.3) is 0 Å². The monoisotopic (exact) mass is 290 g/mol. The number of aromatic nitrogens is 2. The summed E-state index contributed by atoms with van der Waals surface area (Å²) < 4.78 is 0. The molecule has 0 aliphatic heterocycles. The van der Waals surface area contributed by atoms with E-state index in [1.165, 1.54) is 6.20 Å². The van der Waals surface area contributed by atoms with E-state index in [1.54, 1.807) is 24.4 Å². The molecular weight excluding hydrogens is 272 g/mol. The summed E-state index contributed by atoms with van der Waals surface area (Å²) in [6.07, 6.45) is 5.87. The van der Waals surface area contributed by atoms with Crippen molar-refractivity contribution in [2.45, 2.75) is 26.2 Å². The highest BCUT2D eigenvalue weighted by Gasteiger charge is 2.02. The molecule has 0 aliphatic rings. The summed E-state index contributed by atoms with van der Waals surface area (Å²) in [7, 11) is 0. The molecule has 0 aromatic carbocycles. The first-order valence-corrected chi connectivity index (χ1v) is 6.99. The standard InChI is InChI=1S/C10H12N2.C8H6N2/c1-3-8(2)10-5-4-9(6-11)7-12-10;1-2-8-4-3-7(5-9)6-10-8/h4-5,7-8H,3H2,1-2H3;2-4,6H,1H2. The van der Waals surface area contributed by atoms with Crippen LogP contribution in [0.3, 0.4) is 0 Å². The van der Waals surface area contributed by atoms with Gasteiger partial charge in [-0.3, -0.25) is 9.97 Å². The van der Waals surface area contributed by atoms with Crippen molar-refractivity contribution in [2.24, 2.45) is 0 Å². The summed E-state index contributed by atoms with van der Waals surface area (Å²) in [5.74, 6) is 0.484. The molecule has 22 heavy (non-hydrogen) atoms. The van der Waals surface area contributed by atoms with Crippen molar-refractivity contribution in [3.63, 3.8) is 0 Å². The molecule has 110 valence electrons. The van der Waals surface area contributed by atoms with E-state index in [0.717, 1.165) is 17.8 Å². The summed E-state index contributed by atoms with van der Waals surface area (Å²) in [5, 5.41) is 16.9. The molecule has 0 radical (unpaired) electrons. The SMILES string of the molecule is C=Cc1ccc(C#N)cn1.CCC(C)c1ccc(C#N)cn1. The van der Waals surface area contributed by atoms with Crippen LogP contribution in [-0.2, 0) is 0 Å². The number of hydrogen-bond acceptors (Lipinski definition) is 4. The van der Waals surface area contributed by atoms with Gasteiger partial charge in [-0.25, -0.2) is 0 Å². The lowest BCUT2D eigenvalue weighted by atomic mass is 10.0. The summed E-state index contributed by atoms with van der Waals surface area (Å²) in [4.78, 5) is 8.13. The molecular formula is C18H18N4. The second kappa shape index (κ2) is 9.05. The number of rotatable bonds is 3. The molecule has 2 rings (SSSR count). The molecule has 4 heteroatoms. The Hall–Kier alpha value is -2.98. The quantitative estimate of drug-likeness (QED) is 0.854. The maximum Gasteiger partial charge on any atom is 0.101 e. The predicted octanol–water partition coefficient (Wildman–Crippen LogP) is 4.06. The fourth-order valence-corrected chi connectivity index (χ4v) is 1.56. The molecule has 1 unspecified atom stereocenters. The molecule has 0 N–H and O–H groups in total. The lowest BCUT2D eigenvalue weighted by molar-refractivity contribution is 0.708. The fourth-order valence-electron chi connectivity index (χ4n) is 1.56. The van der Waals surface area contributed by atoms with Gasteiger partial charge in [-0.15, -0.1) is 0 Å². The van der Waals surface area contributed by atoms with Crippen molar-refractivity contribution >= 4 is 6.08 Å². The van der Waals surface area contributed by atoms with E-state index in [1.807, 2.05) is 24.3 Å². The van der Waals surface area contributed by atoms with E-state index in [9.17, 15) is 0 Å². The summed E-state index contributed by atoms with van der Waals surface area (Å²) in [6.45, 7) is 7.80. The van der Waals surface area contributed by atoms with Crippen LogP contribution in [0.1, 0.15) is 48.7 Å². The van der Waals surface area contributed by atoms with Gasteiger partial charge in [-0.2, -0.15) is 10.5 Å². The zero-order valence-corrected chi connectivity index (χ0v) is 12.8. The molecule has 1 atom stereocenters. The van der Waals surface area contributed by atoms with Crippen LogP contribution >= 0.6 is 0 Å². The molecule has 2 aromatic heterocycles. The second-order valence-corrected chi connectivity index (χ2v) is 4.68. The van der Waals surface area contributed by atoms with Crippen LogP contribution in [0.25, 0.3) is 6.08 Å². The van der Waals surface area contributed by atoms with Gasteiger partial charge in [0.1, 0.15) is 12.1 Å². The summed E-state index contributed by atoms with van der Waals surface area (Å²) in [6, 6.07) is 11.2. The normalized spacial score (nSPS) is 10.4. The third-order valence-corrected chi connectivity index (χ3v) is 3.16. The first-order valence-electron chi connectivity index (χ1n) is 6.99. The molecule has 0 bridgehead atoms. The van der Waals surface area contributed by atoms with Crippen LogP contribution in [-0.4, -0.2) is 9.97 Å². The highest BCUT2D eigenvalue weighted by Crippen LogP contribution is 2.15. The van der Waals surface area contributed by atoms with Crippen molar-refractivity contribution < 1.29 is 0 Å². The number of hydrogen-bond donors (Lipinski definition) is 0. The highest BCUT2D eigenvalue weighted by atomic mass is 14.7. The Kier molecular flexibility index (Phi) is 7.02. The predicted molar refractivity (Wildman–Crippen MR) is 86.7 cm³/mol. The summed E-state index contributed by atoms with van der Waals surface area (Å²) in [5.41, 5.74) is 3.06. The molecule has 0 amide bonds. The topological polar surface area (TPSA) is 73.4 Å².